The number of rotatable bonds is 2. The minimum Gasteiger partial charge on any atom is -0.363 e. The average Bonchev–Trinajstić information content (AvgIpc) is 2.49. The summed E-state index contributed by atoms with van der Waals surface area (Å²) < 4.78 is 5.58. The van der Waals surface area contributed by atoms with Crippen molar-refractivity contribution >= 4 is 23.3 Å². The van der Waals surface area contributed by atoms with Crippen LogP contribution in [0.4, 0.5) is 5.82 Å². The van der Waals surface area contributed by atoms with Crippen LogP contribution in [0.3, 0.4) is 0 Å². The predicted octanol–water partition coefficient (Wildman–Crippen LogP) is 2.38. The Hall–Kier alpha value is -1.98. The van der Waals surface area contributed by atoms with Gasteiger partial charge in [0.1, 0.15) is 0 Å². The van der Waals surface area contributed by atoms with Crippen molar-refractivity contribution in [3.63, 3.8) is 0 Å². The molecule has 2 heterocycles. The van der Waals surface area contributed by atoms with Gasteiger partial charge in [-0.05, 0) is 29.7 Å². The van der Waals surface area contributed by atoms with E-state index in [9.17, 15) is 4.79 Å². The number of hydrogen-bond donors (Lipinski definition) is 1. The molecule has 5 nitrogen and oxygen atoms in total. The first-order valence-corrected chi connectivity index (χ1v) is 6.61. The van der Waals surface area contributed by atoms with Crippen LogP contribution in [0.5, 0.6) is 0 Å². The van der Waals surface area contributed by atoms with Gasteiger partial charge in [-0.2, -0.15) is 0 Å². The van der Waals surface area contributed by atoms with E-state index in [1.165, 1.54) is 0 Å². The van der Waals surface area contributed by atoms with E-state index in [1.807, 2.05) is 24.3 Å². The summed E-state index contributed by atoms with van der Waals surface area (Å²) in [5.41, 5.74) is 2.04. The number of carbonyl (C=O) groups is 1. The highest BCUT2D eigenvalue weighted by atomic mass is 35.5. The maximum absolute atomic E-state index is 12.3. The molecule has 1 aromatic heterocycles. The van der Waals surface area contributed by atoms with Crippen LogP contribution >= 0.6 is 11.6 Å². The number of halogens is 1. The largest absolute Gasteiger partial charge is 0.363 e. The lowest BCUT2D eigenvalue weighted by Gasteiger charge is -2.24. The van der Waals surface area contributed by atoms with Crippen LogP contribution in [0.25, 0.3) is 0 Å². The van der Waals surface area contributed by atoms with Crippen LogP contribution in [-0.4, -0.2) is 22.7 Å². The van der Waals surface area contributed by atoms with Gasteiger partial charge in [0.2, 0.25) is 0 Å². The van der Waals surface area contributed by atoms with Crippen LogP contribution in [0.2, 0.25) is 5.15 Å². The summed E-state index contributed by atoms with van der Waals surface area (Å²) in [7, 11) is 0. The molecule has 3 rings (SSSR count). The summed E-state index contributed by atoms with van der Waals surface area (Å²) in [6.45, 7) is 0.529. The average molecular weight is 290 g/mol. The van der Waals surface area contributed by atoms with Crippen molar-refractivity contribution in [3.8, 4) is 0 Å². The lowest BCUT2D eigenvalue weighted by Crippen LogP contribution is -2.28. The molecule has 0 spiro atoms. The van der Waals surface area contributed by atoms with Crippen molar-refractivity contribution in [1.82, 2.24) is 10.2 Å². The van der Waals surface area contributed by atoms with Crippen LogP contribution in [0, 0.1) is 0 Å². The molecule has 0 saturated heterocycles. The van der Waals surface area contributed by atoms with Gasteiger partial charge in [-0.25, -0.2) is 0 Å². The van der Waals surface area contributed by atoms with Gasteiger partial charge < -0.3 is 10.1 Å². The molecule has 1 amide bonds. The maximum atomic E-state index is 12.3. The third-order valence-corrected chi connectivity index (χ3v) is 3.32. The van der Waals surface area contributed by atoms with Crippen molar-refractivity contribution in [2.75, 3.05) is 11.9 Å². The number of nitrogens with zero attached hydrogens (tertiary/aromatic N) is 2. The van der Waals surface area contributed by atoms with Gasteiger partial charge >= 0.3 is 0 Å². The highest BCUT2D eigenvalue weighted by Gasteiger charge is 2.27. The molecule has 20 heavy (non-hydrogen) atoms. The van der Waals surface area contributed by atoms with Gasteiger partial charge in [0, 0.05) is 0 Å². The Morgan fingerprint density at radius 1 is 1.25 bits per heavy atom. The van der Waals surface area contributed by atoms with Crippen LogP contribution < -0.4 is 5.32 Å². The molecule has 1 atom stereocenters. The van der Waals surface area contributed by atoms with Crippen molar-refractivity contribution in [2.24, 2.45) is 0 Å². The molecule has 0 saturated carbocycles. The lowest BCUT2D eigenvalue weighted by atomic mass is 9.97. The summed E-state index contributed by atoms with van der Waals surface area (Å²) in [6.07, 6.45) is 0.207. The monoisotopic (exact) mass is 289 g/mol. The van der Waals surface area contributed by atoms with Gasteiger partial charge in [-0.3, -0.25) is 4.79 Å². The first kappa shape index (κ1) is 13.0. The standard InChI is InChI=1S/C14H12ClN3O2/c15-11-5-6-12(18-17-11)16-14(19)13-10-4-2-1-3-9(10)7-8-20-13/h1-6,13H,7-8H2,(H,16,18,19). The minimum absolute atomic E-state index is 0.256. The van der Waals surface area contributed by atoms with E-state index in [1.54, 1.807) is 12.1 Å². The third-order valence-electron chi connectivity index (χ3n) is 3.11. The van der Waals surface area contributed by atoms with E-state index in [2.05, 4.69) is 15.5 Å². The molecule has 102 valence electrons. The Kier molecular flexibility index (Phi) is 3.62. The van der Waals surface area contributed by atoms with Crippen molar-refractivity contribution in [2.45, 2.75) is 12.5 Å². The minimum atomic E-state index is -0.613. The molecule has 1 aliphatic heterocycles. The zero-order chi connectivity index (χ0) is 13.9. The van der Waals surface area contributed by atoms with Gasteiger partial charge in [-0.15, -0.1) is 10.2 Å². The summed E-state index contributed by atoms with van der Waals surface area (Å²) in [4.78, 5) is 12.3. The molecule has 0 bridgehead atoms. The molecule has 0 aliphatic carbocycles. The number of nitrogens with one attached hydrogen (secondary N) is 1. The highest BCUT2D eigenvalue weighted by Crippen LogP contribution is 2.27. The summed E-state index contributed by atoms with van der Waals surface area (Å²) in [5, 5.41) is 10.4. The quantitative estimate of drug-likeness (QED) is 0.922. The lowest BCUT2D eigenvalue weighted by molar-refractivity contribution is -0.128. The molecule has 0 fully saturated rings. The van der Waals surface area contributed by atoms with E-state index in [0.29, 0.717) is 12.4 Å². The molecule has 6 heteroatoms. The van der Waals surface area contributed by atoms with Crippen molar-refractivity contribution in [3.05, 3.63) is 52.7 Å². The number of carbonyl (C=O) groups excluding carboxylic acids is 1. The second kappa shape index (κ2) is 5.56. The number of anilines is 1. The number of benzene rings is 1. The zero-order valence-electron chi connectivity index (χ0n) is 10.5. The highest BCUT2D eigenvalue weighted by molar-refractivity contribution is 6.29. The Balaban J connectivity index is 1.80. The molecular formula is C14H12ClN3O2. The number of fused-ring (bicyclic) bond motifs is 1. The van der Waals surface area contributed by atoms with E-state index < -0.39 is 6.10 Å². The maximum Gasteiger partial charge on any atom is 0.259 e. The topological polar surface area (TPSA) is 64.1 Å². The molecule has 2 aromatic rings. The smallest absolute Gasteiger partial charge is 0.259 e. The fourth-order valence-corrected chi connectivity index (χ4v) is 2.29. The van der Waals surface area contributed by atoms with E-state index >= 15 is 0 Å². The molecular weight excluding hydrogens is 278 g/mol. The first-order valence-electron chi connectivity index (χ1n) is 6.23. The number of amides is 1. The third kappa shape index (κ3) is 2.64. The summed E-state index contributed by atoms with van der Waals surface area (Å²) in [5.74, 6) is 0.0971. The molecule has 1 aromatic carbocycles. The summed E-state index contributed by atoms with van der Waals surface area (Å²) in [6, 6.07) is 11.0. The first-order chi connectivity index (χ1) is 9.74. The fourth-order valence-electron chi connectivity index (χ4n) is 2.19. The molecule has 1 aliphatic rings. The second-order valence-electron chi connectivity index (χ2n) is 4.43. The Morgan fingerprint density at radius 3 is 2.90 bits per heavy atom. The molecule has 1 N–H and O–H groups in total. The SMILES string of the molecule is O=C(Nc1ccc(Cl)nn1)C1OCCc2ccccc21. The van der Waals surface area contributed by atoms with Gasteiger partial charge in [0.15, 0.2) is 17.1 Å². The summed E-state index contributed by atoms with van der Waals surface area (Å²) >= 11 is 5.65. The molecule has 1 unspecified atom stereocenters. The van der Waals surface area contributed by atoms with Crippen LogP contribution in [0.15, 0.2) is 36.4 Å². The van der Waals surface area contributed by atoms with Crippen LogP contribution in [-0.2, 0) is 16.0 Å². The zero-order valence-corrected chi connectivity index (χ0v) is 11.3. The fraction of sp³-hybridized carbons (Fsp3) is 0.214. The Bertz CT molecular complexity index is 631. The van der Waals surface area contributed by atoms with E-state index in [-0.39, 0.29) is 11.1 Å². The second-order valence-corrected chi connectivity index (χ2v) is 4.82. The van der Waals surface area contributed by atoms with E-state index in [4.69, 9.17) is 16.3 Å². The number of hydrogen-bond acceptors (Lipinski definition) is 4. The van der Waals surface area contributed by atoms with Crippen molar-refractivity contribution < 1.29 is 9.53 Å². The predicted molar refractivity (Wildman–Crippen MR) is 74.5 cm³/mol. The number of ether oxygens (including phenoxy) is 1. The Morgan fingerprint density at radius 2 is 2.10 bits per heavy atom. The number of aromatic nitrogens is 2. The van der Waals surface area contributed by atoms with Crippen molar-refractivity contribution in [1.29, 1.82) is 0 Å². The van der Waals surface area contributed by atoms with Crippen LogP contribution in [0.1, 0.15) is 17.2 Å². The van der Waals surface area contributed by atoms with Gasteiger partial charge in [0.25, 0.3) is 5.91 Å². The Labute approximate surface area is 120 Å². The van der Waals surface area contributed by atoms with E-state index in [0.717, 1.165) is 17.5 Å². The van der Waals surface area contributed by atoms with Gasteiger partial charge in [-0.1, -0.05) is 35.9 Å². The molecule has 0 radical (unpaired) electrons. The normalized spacial score (nSPS) is 17.4. The van der Waals surface area contributed by atoms with Gasteiger partial charge in [0.05, 0.1) is 6.61 Å².